The number of hydrogen-bond donors (Lipinski definition) is 2. The first-order valence-corrected chi connectivity index (χ1v) is 6.98. The van der Waals surface area contributed by atoms with Gasteiger partial charge in [-0.25, -0.2) is 14.8 Å². The highest BCUT2D eigenvalue weighted by atomic mass is 16.5. The van der Waals surface area contributed by atoms with E-state index in [0.717, 1.165) is 5.56 Å². The molecule has 0 aliphatic heterocycles. The zero-order chi connectivity index (χ0) is 16.4. The number of rotatable bonds is 4. The number of nitrogens with two attached hydrogens (primary N) is 1. The molecule has 0 saturated heterocycles. The average molecular weight is 312 g/mol. The number of fused-ring (bicyclic) bond motifs is 1. The van der Waals surface area contributed by atoms with Crippen molar-refractivity contribution in [2.75, 3.05) is 7.11 Å². The summed E-state index contributed by atoms with van der Waals surface area (Å²) in [5, 5.41) is 2.60. The topological polar surface area (TPSA) is 107 Å². The fraction of sp³-hybridized carbons (Fsp3) is 0.200. The SMILES string of the molecule is COc1nc(-c2ccnc(C(C)NC(N)=O)c2)cn2ccnc12. The normalized spacial score (nSPS) is 12.1. The molecule has 0 spiro atoms. The smallest absolute Gasteiger partial charge is 0.312 e. The summed E-state index contributed by atoms with van der Waals surface area (Å²) in [6, 6.07) is 2.80. The Bertz CT molecular complexity index is 860. The predicted molar refractivity (Wildman–Crippen MR) is 83.9 cm³/mol. The van der Waals surface area contributed by atoms with Gasteiger partial charge in [-0.1, -0.05) is 0 Å². The fourth-order valence-electron chi connectivity index (χ4n) is 2.31. The Labute approximate surface area is 132 Å². The molecule has 0 saturated carbocycles. The second-order valence-corrected chi connectivity index (χ2v) is 4.99. The Morgan fingerprint density at radius 2 is 2.22 bits per heavy atom. The van der Waals surface area contributed by atoms with Gasteiger partial charge < -0.3 is 20.2 Å². The van der Waals surface area contributed by atoms with Gasteiger partial charge in [0.25, 0.3) is 5.88 Å². The third kappa shape index (κ3) is 2.91. The number of carbonyl (C=O) groups excluding carboxylic acids is 1. The fourth-order valence-corrected chi connectivity index (χ4v) is 2.31. The summed E-state index contributed by atoms with van der Waals surface area (Å²) in [7, 11) is 1.55. The van der Waals surface area contributed by atoms with Crippen LogP contribution in [-0.4, -0.2) is 32.5 Å². The number of amides is 2. The van der Waals surface area contributed by atoms with E-state index < -0.39 is 6.03 Å². The number of hydrogen-bond acceptors (Lipinski definition) is 5. The van der Waals surface area contributed by atoms with E-state index in [1.807, 2.05) is 35.9 Å². The molecule has 1 unspecified atom stereocenters. The van der Waals surface area contributed by atoms with E-state index in [2.05, 4.69) is 20.3 Å². The molecule has 3 aromatic rings. The molecule has 3 rings (SSSR count). The molecular formula is C15H16N6O2. The van der Waals surface area contributed by atoms with E-state index in [1.54, 1.807) is 19.5 Å². The standard InChI is InChI=1S/C15H16N6O2/c1-9(19-15(16)22)11-7-10(3-4-17-11)12-8-21-6-5-18-13(21)14(20-12)23-2/h3-9H,1-2H3,(H3,16,19,22). The van der Waals surface area contributed by atoms with E-state index in [-0.39, 0.29) is 6.04 Å². The second-order valence-electron chi connectivity index (χ2n) is 4.99. The summed E-state index contributed by atoms with van der Waals surface area (Å²) >= 11 is 0. The van der Waals surface area contributed by atoms with Crippen LogP contribution in [0.5, 0.6) is 5.88 Å². The summed E-state index contributed by atoms with van der Waals surface area (Å²) in [5.41, 5.74) is 8.05. The summed E-state index contributed by atoms with van der Waals surface area (Å²) in [6.07, 6.45) is 7.02. The minimum absolute atomic E-state index is 0.300. The molecule has 3 N–H and O–H groups in total. The third-order valence-electron chi connectivity index (χ3n) is 3.42. The largest absolute Gasteiger partial charge is 0.478 e. The number of imidazole rings is 1. The first-order chi connectivity index (χ1) is 11.1. The predicted octanol–water partition coefficient (Wildman–Crippen LogP) is 1.53. The minimum atomic E-state index is -0.593. The van der Waals surface area contributed by atoms with Gasteiger partial charge in [0, 0.05) is 30.4 Å². The van der Waals surface area contributed by atoms with Crippen molar-refractivity contribution in [3.05, 3.63) is 42.6 Å². The van der Waals surface area contributed by atoms with Crippen molar-refractivity contribution in [3.8, 4) is 17.1 Å². The lowest BCUT2D eigenvalue weighted by atomic mass is 10.1. The van der Waals surface area contributed by atoms with Crippen molar-refractivity contribution >= 4 is 11.7 Å². The van der Waals surface area contributed by atoms with Crippen LogP contribution in [0.3, 0.4) is 0 Å². The lowest BCUT2D eigenvalue weighted by molar-refractivity contribution is 0.246. The van der Waals surface area contributed by atoms with Crippen molar-refractivity contribution in [1.29, 1.82) is 0 Å². The molecule has 0 aromatic carbocycles. The third-order valence-corrected chi connectivity index (χ3v) is 3.42. The second kappa shape index (κ2) is 5.91. The Kier molecular flexibility index (Phi) is 3.80. The molecule has 2 amide bonds. The molecule has 1 atom stereocenters. The highest BCUT2D eigenvalue weighted by Gasteiger charge is 2.13. The number of methoxy groups -OCH3 is 1. The lowest BCUT2D eigenvalue weighted by Gasteiger charge is -2.13. The van der Waals surface area contributed by atoms with Crippen LogP contribution in [0.4, 0.5) is 4.79 Å². The van der Waals surface area contributed by atoms with Gasteiger partial charge in [-0.3, -0.25) is 4.98 Å². The number of nitrogens with zero attached hydrogens (tertiary/aromatic N) is 4. The van der Waals surface area contributed by atoms with Crippen LogP contribution in [0.1, 0.15) is 18.7 Å². The van der Waals surface area contributed by atoms with Crippen LogP contribution in [0.25, 0.3) is 16.9 Å². The summed E-state index contributed by atoms with van der Waals surface area (Å²) in [4.78, 5) is 23.9. The van der Waals surface area contributed by atoms with Crippen molar-refractivity contribution in [1.82, 2.24) is 24.7 Å². The Balaban J connectivity index is 2.03. The van der Waals surface area contributed by atoms with Gasteiger partial charge in [0.1, 0.15) is 0 Å². The number of carbonyl (C=O) groups is 1. The van der Waals surface area contributed by atoms with Crippen LogP contribution >= 0.6 is 0 Å². The molecule has 0 radical (unpaired) electrons. The summed E-state index contributed by atoms with van der Waals surface area (Å²) in [5.74, 6) is 0.439. The number of aromatic nitrogens is 4. The van der Waals surface area contributed by atoms with E-state index in [9.17, 15) is 4.79 Å². The van der Waals surface area contributed by atoms with Crippen LogP contribution in [-0.2, 0) is 0 Å². The number of urea groups is 1. The molecule has 8 heteroatoms. The van der Waals surface area contributed by atoms with Crippen LogP contribution in [0.2, 0.25) is 0 Å². The van der Waals surface area contributed by atoms with Crippen molar-refractivity contribution in [2.45, 2.75) is 13.0 Å². The van der Waals surface area contributed by atoms with Gasteiger partial charge in [-0.2, -0.15) is 0 Å². The van der Waals surface area contributed by atoms with Crippen molar-refractivity contribution in [3.63, 3.8) is 0 Å². The maximum absolute atomic E-state index is 11.0. The first kappa shape index (κ1) is 14.8. The van der Waals surface area contributed by atoms with Gasteiger partial charge in [-0.15, -0.1) is 0 Å². The van der Waals surface area contributed by atoms with Gasteiger partial charge in [0.15, 0.2) is 5.65 Å². The highest BCUT2D eigenvalue weighted by molar-refractivity contribution is 5.72. The molecule has 0 aliphatic carbocycles. The summed E-state index contributed by atoms with van der Waals surface area (Å²) < 4.78 is 7.13. The molecule has 8 nitrogen and oxygen atoms in total. The van der Waals surface area contributed by atoms with Crippen LogP contribution < -0.4 is 15.8 Å². The minimum Gasteiger partial charge on any atom is -0.478 e. The average Bonchev–Trinajstić information content (AvgIpc) is 3.02. The van der Waals surface area contributed by atoms with Crippen molar-refractivity contribution in [2.24, 2.45) is 5.73 Å². The van der Waals surface area contributed by atoms with Crippen molar-refractivity contribution < 1.29 is 9.53 Å². The number of nitrogens with one attached hydrogen (secondary N) is 1. The molecule has 0 bridgehead atoms. The van der Waals surface area contributed by atoms with E-state index >= 15 is 0 Å². The first-order valence-electron chi connectivity index (χ1n) is 6.98. The number of ether oxygens (including phenoxy) is 1. The Morgan fingerprint density at radius 1 is 1.39 bits per heavy atom. The lowest BCUT2D eigenvalue weighted by Crippen LogP contribution is -2.32. The maximum atomic E-state index is 11.0. The zero-order valence-corrected chi connectivity index (χ0v) is 12.7. The summed E-state index contributed by atoms with van der Waals surface area (Å²) in [6.45, 7) is 1.81. The van der Waals surface area contributed by atoms with E-state index in [1.165, 1.54) is 0 Å². The molecule has 118 valence electrons. The molecule has 3 heterocycles. The van der Waals surface area contributed by atoms with Gasteiger partial charge in [-0.05, 0) is 19.1 Å². The van der Waals surface area contributed by atoms with E-state index in [4.69, 9.17) is 10.5 Å². The monoisotopic (exact) mass is 312 g/mol. The Morgan fingerprint density at radius 3 is 2.96 bits per heavy atom. The molecule has 0 aliphatic rings. The highest BCUT2D eigenvalue weighted by Crippen LogP contribution is 2.24. The molecule has 3 aromatic heterocycles. The Hall–Kier alpha value is -3.16. The van der Waals surface area contributed by atoms with Gasteiger partial charge in [0.2, 0.25) is 0 Å². The van der Waals surface area contributed by atoms with Gasteiger partial charge in [0.05, 0.1) is 24.5 Å². The zero-order valence-electron chi connectivity index (χ0n) is 12.7. The van der Waals surface area contributed by atoms with Crippen LogP contribution in [0, 0.1) is 0 Å². The quantitative estimate of drug-likeness (QED) is 0.759. The maximum Gasteiger partial charge on any atom is 0.312 e. The molecule has 0 fully saturated rings. The number of primary amides is 1. The molecule has 23 heavy (non-hydrogen) atoms. The van der Waals surface area contributed by atoms with Gasteiger partial charge >= 0.3 is 6.03 Å². The molecular weight excluding hydrogens is 296 g/mol. The number of pyridine rings is 1. The van der Waals surface area contributed by atoms with Crippen LogP contribution in [0.15, 0.2) is 36.9 Å². The van der Waals surface area contributed by atoms with E-state index in [0.29, 0.717) is 22.9 Å².